The van der Waals surface area contributed by atoms with Gasteiger partial charge in [-0.2, -0.15) is 0 Å². The molecule has 1 saturated heterocycles. The molecule has 1 fully saturated rings. The van der Waals surface area contributed by atoms with Gasteiger partial charge in [-0.25, -0.2) is 9.59 Å². The lowest BCUT2D eigenvalue weighted by atomic mass is 9.97. The van der Waals surface area contributed by atoms with Gasteiger partial charge < -0.3 is 15.5 Å². The van der Waals surface area contributed by atoms with Gasteiger partial charge in [0.05, 0.1) is 0 Å². The van der Waals surface area contributed by atoms with E-state index in [2.05, 4.69) is 34.5 Å². The molecule has 1 aromatic rings. The van der Waals surface area contributed by atoms with Gasteiger partial charge in [-0.15, -0.1) is 0 Å². The molecule has 108 valence electrons. The number of aliphatic carboxylic acids is 2. The van der Waals surface area contributed by atoms with E-state index in [1.807, 2.05) is 0 Å². The summed E-state index contributed by atoms with van der Waals surface area (Å²) in [6, 6.07) is 9.64. The number of benzene rings is 1. The smallest absolute Gasteiger partial charge is 0.414 e. The molecular formula is C14H18N2O4. The van der Waals surface area contributed by atoms with Crippen molar-refractivity contribution in [3.63, 3.8) is 0 Å². The van der Waals surface area contributed by atoms with Gasteiger partial charge >= 0.3 is 11.9 Å². The molecule has 0 aliphatic carbocycles. The van der Waals surface area contributed by atoms with Crippen molar-refractivity contribution < 1.29 is 19.8 Å². The number of hydrogen-bond donors (Lipinski definition) is 3. The second-order valence-electron chi connectivity index (χ2n) is 4.91. The highest BCUT2D eigenvalue weighted by Gasteiger charge is 2.27. The van der Waals surface area contributed by atoms with E-state index < -0.39 is 11.9 Å². The number of fused-ring (bicyclic) bond motifs is 1. The summed E-state index contributed by atoms with van der Waals surface area (Å²) in [5.41, 5.74) is 3.08. The van der Waals surface area contributed by atoms with Crippen LogP contribution in [-0.4, -0.2) is 52.7 Å². The molecule has 0 radical (unpaired) electrons. The molecule has 2 heterocycles. The zero-order valence-corrected chi connectivity index (χ0v) is 11.1. The molecular weight excluding hydrogens is 260 g/mol. The largest absolute Gasteiger partial charge is 0.473 e. The van der Waals surface area contributed by atoms with Crippen molar-refractivity contribution in [1.82, 2.24) is 10.2 Å². The summed E-state index contributed by atoms with van der Waals surface area (Å²) in [7, 11) is 0. The van der Waals surface area contributed by atoms with Gasteiger partial charge in [-0.3, -0.25) is 4.90 Å². The molecule has 1 aromatic carbocycles. The van der Waals surface area contributed by atoms with Crippen LogP contribution in [0.15, 0.2) is 24.3 Å². The number of carboxylic acid groups (broad SMARTS) is 2. The molecule has 3 N–H and O–H groups in total. The molecule has 2 aliphatic rings. The first-order valence-electron chi connectivity index (χ1n) is 6.55. The first-order chi connectivity index (χ1) is 9.58. The number of carboxylic acids is 2. The van der Waals surface area contributed by atoms with Crippen LogP contribution in [0.25, 0.3) is 0 Å². The monoisotopic (exact) mass is 278 g/mol. The maximum atomic E-state index is 9.10. The fourth-order valence-electron chi connectivity index (χ4n) is 2.36. The summed E-state index contributed by atoms with van der Waals surface area (Å²) in [5.74, 6) is -3.65. The number of nitrogens with one attached hydrogen (secondary N) is 1. The van der Waals surface area contributed by atoms with E-state index in [1.54, 1.807) is 5.56 Å². The van der Waals surface area contributed by atoms with E-state index in [0.29, 0.717) is 0 Å². The third-order valence-electron chi connectivity index (χ3n) is 3.62. The van der Waals surface area contributed by atoms with Gasteiger partial charge in [0.2, 0.25) is 0 Å². The Kier molecular flexibility index (Phi) is 4.70. The predicted molar refractivity (Wildman–Crippen MR) is 72.5 cm³/mol. The number of carbonyl (C=O) groups is 2. The van der Waals surface area contributed by atoms with Crippen LogP contribution in [0.5, 0.6) is 0 Å². The summed E-state index contributed by atoms with van der Waals surface area (Å²) in [4.78, 5) is 20.8. The Morgan fingerprint density at radius 2 is 1.70 bits per heavy atom. The summed E-state index contributed by atoms with van der Waals surface area (Å²) in [6.45, 7) is 4.76. The molecule has 20 heavy (non-hydrogen) atoms. The average Bonchev–Trinajstić information content (AvgIpc) is 2.37. The van der Waals surface area contributed by atoms with E-state index in [1.165, 1.54) is 31.6 Å². The van der Waals surface area contributed by atoms with Gasteiger partial charge in [0.15, 0.2) is 0 Å². The van der Waals surface area contributed by atoms with Crippen LogP contribution in [-0.2, 0) is 22.6 Å². The lowest BCUT2D eigenvalue weighted by Crippen LogP contribution is -2.57. The molecule has 0 aromatic heterocycles. The maximum absolute atomic E-state index is 9.10. The maximum Gasteiger partial charge on any atom is 0.414 e. The average molecular weight is 278 g/mol. The zero-order chi connectivity index (χ0) is 14.5. The summed E-state index contributed by atoms with van der Waals surface area (Å²) in [5, 5.41) is 18.1. The van der Waals surface area contributed by atoms with Gasteiger partial charge in [0, 0.05) is 32.2 Å². The topological polar surface area (TPSA) is 89.9 Å². The molecule has 0 amide bonds. The van der Waals surface area contributed by atoms with Crippen LogP contribution in [0.2, 0.25) is 0 Å². The van der Waals surface area contributed by atoms with Crippen molar-refractivity contribution in [2.75, 3.05) is 19.6 Å². The standard InChI is InChI=1S/C12H16N2.C2H2O4/c1-2-4-11-9-14(12-7-13-8-12)6-5-10(11)3-1;3-1(4)2(5)6/h1-4,12-13H,5-9H2;(H,3,4)(H,5,6). The van der Waals surface area contributed by atoms with Gasteiger partial charge in [-0.05, 0) is 17.5 Å². The Morgan fingerprint density at radius 3 is 2.20 bits per heavy atom. The van der Waals surface area contributed by atoms with E-state index in [9.17, 15) is 0 Å². The number of nitrogens with zero attached hydrogens (tertiary/aromatic N) is 1. The fraction of sp³-hybridized carbons (Fsp3) is 0.429. The van der Waals surface area contributed by atoms with E-state index >= 15 is 0 Å². The highest BCUT2D eigenvalue weighted by Crippen LogP contribution is 2.21. The summed E-state index contributed by atoms with van der Waals surface area (Å²) in [6.07, 6.45) is 1.23. The summed E-state index contributed by atoms with van der Waals surface area (Å²) < 4.78 is 0. The minimum Gasteiger partial charge on any atom is -0.473 e. The van der Waals surface area contributed by atoms with Crippen molar-refractivity contribution in [1.29, 1.82) is 0 Å². The number of hydrogen-bond acceptors (Lipinski definition) is 4. The third-order valence-corrected chi connectivity index (χ3v) is 3.62. The van der Waals surface area contributed by atoms with Crippen molar-refractivity contribution in [2.45, 2.75) is 19.0 Å². The van der Waals surface area contributed by atoms with E-state index in [0.717, 1.165) is 12.6 Å². The lowest BCUT2D eigenvalue weighted by Gasteiger charge is -2.40. The Bertz CT molecular complexity index is 488. The molecule has 0 spiro atoms. The molecule has 6 heteroatoms. The van der Waals surface area contributed by atoms with Crippen molar-refractivity contribution in [3.8, 4) is 0 Å². The van der Waals surface area contributed by atoms with E-state index in [-0.39, 0.29) is 0 Å². The van der Waals surface area contributed by atoms with Crippen LogP contribution in [0, 0.1) is 0 Å². The summed E-state index contributed by atoms with van der Waals surface area (Å²) >= 11 is 0. The SMILES string of the molecule is O=C(O)C(=O)O.c1ccc2c(c1)CCN(C1CNC1)C2. The normalized spacial score (nSPS) is 18.2. The minimum atomic E-state index is -1.82. The first kappa shape index (κ1) is 14.5. The van der Waals surface area contributed by atoms with Crippen LogP contribution < -0.4 is 5.32 Å². The first-order valence-corrected chi connectivity index (χ1v) is 6.55. The van der Waals surface area contributed by atoms with Crippen LogP contribution in [0.4, 0.5) is 0 Å². The van der Waals surface area contributed by atoms with Crippen molar-refractivity contribution in [2.24, 2.45) is 0 Å². The van der Waals surface area contributed by atoms with Gasteiger partial charge in [0.25, 0.3) is 0 Å². The molecule has 3 rings (SSSR count). The van der Waals surface area contributed by atoms with Crippen LogP contribution in [0.3, 0.4) is 0 Å². The van der Waals surface area contributed by atoms with Crippen LogP contribution >= 0.6 is 0 Å². The molecule has 0 atom stereocenters. The minimum absolute atomic E-state index is 0.795. The molecule has 0 bridgehead atoms. The second-order valence-corrected chi connectivity index (χ2v) is 4.91. The molecule has 0 saturated carbocycles. The Hall–Kier alpha value is -1.92. The van der Waals surface area contributed by atoms with Crippen LogP contribution in [0.1, 0.15) is 11.1 Å². The van der Waals surface area contributed by atoms with Gasteiger partial charge in [0.1, 0.15) is 0 Å². The quantitative estimate of drug-likeness (QED) is 0.635. The lowest BCUT2D eigenvalue weighted by molar-refractivity contribution is -0.159. The predicted octanol–water partition coefficient (Wildman–Crippen LogP) is 0.172. The second kappa shape index (κ2) is 6.49. The highest BCUT2D eigenvalue weighted by atomic mass is 16.4. The Balaban J connectivity index is 0.000000212. The van der Waals surface area contributed by atoms with Crippen molar-refractivity contribution in [3.05, 3.63) is 35.4 Å². The van der Waals surface area contributed by atoms with E-state index in [4.69, 9.17) is 19.8 Å². The number of rotatable bonds is 1. The molecule has 0 unspecified atom stereocenters. The van der Waals surface area contributed by atoms with Gasteiger partial charge in [-0.1, -0.05) is 24.3 Å². The Labute approximate surface area is 117 Å². The zero-order valence-electron chi connectivity index (χ0n) is 11.1. The van der Waals surface area contributed by atoms with Crippen molar-refractivity contribution >= 4 is 11.9 Å². The third kappa shape index (κ3) is 3.55. The highest BCUT2D eigenvalue weighted by molar-refractivity contribution is 6.27. The fourth-order valence-corrected chi connectivity index (χ4v) is 2.36. The Morgan fingerprint density at radius 1 is 1.10 bits per heavy atom. The molecule has 2 aliphatic heterocycles. The molecule has 6 nitrogen and oxygen atoms in total.